The number of piperazine rings is 1. The number of carbonyl (C=O) groups is 1. The molecule has 0 aliphatic carbocycles. The summed E-state index contributed by atoms with van der Waals surface area (Å²) in [6.45, 7) is 8.52. The Morgan fingerprint density at radius 3 is 1.90 bits per heavy atom. The Balaban J connectivity index is 0.000000276. The van der Waals surface area contributed by atoms with E-state index in [1.165, 1.54) is 0 Å². The molecule has 20 heavy (non-hydrogen) atoms. The van der Waals surface area contributed by atoms with Crippen LogP contribution in [0.1, 0.15) is 13.8 Å². The van der Waals surface area contributed by atoms with Crippen LogP contribution < -0.4 is 5.32 Å². The van der Waals surface area contributed by atoms with Gasteiger partial charge in [0, 0.05) is 26.2 Å². The summed E-state index contributed by atoms with van der Waals surface area (Å²) in [5.74, 6) is 0.236. The Morgan fingerprint density at radius 2 is 1.50 bits per heavy atom. The van der Waals surface area contributed by atoms with E-state index in [4.69, 9.17) is 0 Å². The summed E-state index contributed by atoms with van der Waals surface area (Å²) in [6.07, 6.45) is 0. The van der Waals surface area contributed by atoms with Crippen LogP contribution in [0.5, 0.6) is 0 Å². The van der Waals surface area contributed by atoms with Crippen LogP contribution in [0.4, 0.5) is 0 Å². The van der Waals surface area contributed by atoms with Gasteiger partial charge in [-0.05, 0) is 20.5 Å². The molecule has 1 heterocycles. The van der Waals surface area contributed by atoms with Crippen LogP contribution in [-0.4, -0.2) is 61.5 Å². The summed E-state index contributed by atoms with van der Waals surface area (Å²) in [5, 5.41) is 3.15. The number of rotatable bonds is 3. The Labute approximate surface area is 122 Å². The molecule has 1 amide bonds. The molecule has 0 aromatic heterocycles. The minimum Gasteiger partial charge on any atom is -0.339 e. The van der Waals surface area contributed by atoms with Gasteiger partial charge in [-0.25, -0.2) is 0 Å². The van der Waals surface area contributed by atoms with Gasteiger partial charge in [-0.2, -0.15) is 0 Å². The predicted molar refractivity (Wildman–Crippen MR) is 83.7 cm³/mol. The fraction of sp³-hybridized carbons (Fsp3) is 0.562. The van der Waals surface area contributed by atoms with Gasteiger partial charge in [0.25, 0.3) is 0 Å². The lowest BCUT2D eigenvalue weighted by Gasteiger charge is -2.34. The molecule has 1 saturated heterocycles. The van der Waals surface area contributed by atoms with Gasteiger partial charge in [0.15, 0.2) is 0 Å². The summed E-state index contributed by atoms with van der Waals surface area (Å²) in [6, 6.07) is 12.0. The van der Waals surface area contributed by atoms with E-state index in [0.29, 0.717) is 0 Å². The van der Waals surface area contributed by atoms with Crippen LogP contribution in [0.2, 0.25) is 0 Å². The molecule has 0 bridgehead atoms. The summed E-state index contributed by atoms with van der Waals surface area (Å²) in [7, 11) is 2.09. The topological polar surface area (TPSA) is 35.6 Å². The number of nitrogens with zero attached hydrogens (tertiary/aromatic N) is 2. The average molecular weight is 277 g/mol. The highest BCUT2D eigenvalue weighted by Gasteiger charge is 2.22. The molecule has 2 rings (SSSR count). The van der Waals surface area contributed by atoms with Gasteiger partial charge in [0.1, 0.15) is 0 Å². The Hall–Kier alpha value is -1.39. The molecular weight excluding hydrogens is 250 g/mol. The number of carbonyl (C=O) groups excluding carboxylic acids is 1. The molecule has 4 heteroatoms. The number of likely N-dealkylation sites (N-methyl/N-ethyl adjacent to an activating group) is 2. The van der Waals surface area contributed by atoms with Crippen molar-refractivity contribution in [3.63, 3.8) is 0 Å². The minimum absolute atomic E-state index is 0.0385. The quantitative estimate of drug-likeness (QED) is 0.908. The van der Waals surface area contributed by atoms with Gasteiger partial charge in [0.05, 0.1) is 6.04 Å². The zero-order valence-corrected chi connectivity index (χ0v) is 12.9. The summed E-state index contributed by atoms with van der Waals surface area (Å²) < 4.78 is 0. The van der Waals surface area contributed by atoms with Crippen LogP contribution in [0.3, 0.4) is 0 Å². The van der Waals surface area contributed by atoms with E-state index in [9.17, 15) is 4.79 Å². The maximum atomic E-state index is 11.8. The van der Waals surface area contributed by atoms with E-state index in [1.807, 2.05) is 55.1 Å². The molecular formula is C16H27N3O. The first kappa shape index (κ1) is 16.7. The standard InChI is InChI=1S/C10H21N3O.C6H6/c1-4-11-9(2)10(14)13-7-5-12(3)6-8-13;1-2-4-6-5-3-1/h9,11H,4-8H2,1-3H3;1-6H/t9-;/m0./s1. The lowest BCUT2D eigenvalue weighted by Crippen LogP contribution is -2.52. The zero-order valence-electron chi connectivity index (χ0n) is 12.9. The second-order valence-electron chi connectivity index (χ2n) is 5.06. The van der Waals surface area contributed by atoms with Crippen molar-refractivity contribution < 1.29 is 4.79 Å². The molecule has 0 saturated carbocycles. The molecule has 0 unspecified atom stereocenters. The van der Waals surface area contributed by atoms with E-state index in [0.717, 1.165) is 32.7 Å². The highest BCUT2D eigenvalue weighted by molar-refractivity contribution is 5.81. The molecule has 1 N–H and O–H groups in total. The molecule has 1 aromatic carbocycles. The third kappa shape index (κ3) is 6.17. The van der Waals surface area contributed by atoms with Crippen LogP contribution in [0.25, 0.3) is 0 Å². The Bertz CT molecular complexity index is 335. The number of hydrogen-bond donors (Lipinski definition) is 1. The zero-order chi connectivity index (χ0) is 14.8. The number of benzene rings is 1. The first-order valence-corrected chi connectivity index (χ1v) is 7.36. The molecule has 1 fully saturated rings. The highest BCUT2D eigenvalue weighted by Crippen LogP contribution is 2.01. The average Bonchev–Trinajstić information content (AvgIpc) is 2.50. The second kappa shape index (κ2) is 9.50. The molecule has 112 valence electrons. The lowest BCUT2D eigenvalue weighted by atomic mass is 10.2. The van der Waals surface area contributed by atoms with E-state index < -0.39 is 0 Å². The normalized spacial score (nSPS) is 17.1. The number of nitrogens with one attached hydrogen (secondary N) is 1. The van der Waals surface area contributed by atoms with Gasteiger partial charge in [0.2, 0.25) is 5.91 Å². The molecule has 4 nitrogen and oxygen atoms in total. The van der Waals surface area contributed by atoms with Crippen LogP contribution in [-0.2, 0) is 4.79 Å². The fourth-order valence-corrected chi connectivity index (χ4v) is 2.08. The van der Waals surface area contributed by atoms with E-state index >= 15 is 0 Å². The molecule has 1 aliphatic heterocycles. The number of amides is 1. The highest BCUT2D eigenvalue weighted by atomic mass is 16.2. The van der Waals surface area contributed by atoms with E-state index in [1.54, 1.807) is 0 Å². The molecule has 0 spiro atoms. The maximum absolute atomic E-state index is 11.8. The van der Waals surface area contributed by atoms with E-state index in [-0.39, 0.29) is 11.9 Å². The van der Waals surface area contributed by atoms with Crippen molar-refractivity contribution in [1.82, 2.24) is 15.1 Å². The number of hydrogen-bond acceptors (Lipinski definition) is 3. The summed E-state index contributed by atoms with van der Waals surface area (Å²) in [4.78, 5) is 16.0. The monoisotopic (exact) mass is 277 g/mol. The third-order valence-electron chi connectivity index (χ3n) is 3.36. The van der Waals surface area contributed by atoms with Crippen LogP contribution in [0.15, 0.2) is 36.4 Å². The van der Waals surface area contributed by atoms with Crippen molar-refractivity contribution in [3.05, 3.63) is 36.4 Å². The third-order valence-corrected chi connectivity index (χ3v) is 3.36. The fourth-order valence-electron chi connectivity index (χ4n) is 2.08. The Kier molecular flexibility index (Phi) is 7.92. The first-order valence-electron chi connectivity index (χ1n) is 7.36. The van der Waals surface area contributed by atoms with Gasteiger partial charge >= 0.3 is 0 Å². The SMILES string of the molecule is CCN[C@@H](C)C(=O)N1CCN(C)CC1.c1ccccc1. The molecule has 1 atom stereocenters. The molecule has 1 aliphatic rings. The predicted octanol–water partition coefficient (Wildman–Crippen LogP) is 1.45. The summed E-state index contributed by atoms with van der Waals surface area (Å²) >= 11 is 0. The van der Waals surface area contributed by atoms with Crippen molar-refractivity contribution in [2.75, 3.05) is 39.8 Å². The van der Waals surface area contributed by atoms with Gasteiger partial charge in [-0.3, -0.25) is 4.79 Å². The van der Waals surface area contributed by atoms with Crippen molar-refractivity contribution in [2.45, 2.75) is 19.9 Å². The van der Waals surface area contributed by atoms with Gasteiger partial charge in [-0.1, -0.05) is 43.3 Å². The molecule has 1 aromatic rings. The lowest BCUT2D eigenvalue weighted by molar-refractivity contribution is -0.134. The van der Waals surface area contributed by atoms with Crippen molar-refractivity contribution in [3.8, 4) is 0 Å². The largest absolute Gasteiger partial charge is 0.339 e. The van der Waals surface area contributed by atoms with Crippen molar-refractivity contribution in [2.24, 2.45) is 0 Å². The van der Waals surface area contributed by atoms with Crippen molar-refractivity contribution >= 4 is 5.91 Å². The Morgan fingerprint density at radius 1 is 1.05 bits per heavy atom. The smallest absolute Gasteiger partial charge is 0.239 e. The van der Waals surface area contributed by atoms with E-state index in [2.05, 4.69) is 17.3 Å². The van der Waals surface area contributed by atoms with Gasteiger partial charge < -0.3 is 15.1 Å². The van der Waals surface area contributed by atoms with Crippen LogP contribution >= 0.6 is 0 Å². The molecule has 0 radical (unpaired) electrons. The first-order chi connectivity index (χ1) is 9.65. The van der Waals surface area contributed by atoms with Crippen LogP contribution in [0, 0.1) is 0 Å². The minimum atomic E-state index is -0.0385. The maximum Gasteiger partial charge on any atom is 0.239 e. The van der Waals surface area contributed by atoms with Gasteiger partial charge in [-0.15, -0.1) is 0 Å². The van der Waals surface area contributed by atoms with Crippen molar-refractivity contribution in [1.29, 1.82) is 0 Å². The second-order valence-corrected chi connectivity index (χ2v) is 5.06. The summed E-state index contributed by atoms with van der Waals surface area (Å²) in [5.41, 5.74) is 0.